The van der Waals surface area contributed by atoms with Crippen molar-refractivity contribution in [2.75, 3.05) is 0 Å². The lowest BCUT2D eigenvalue weighted by Crippen LogP contribution is -2.58. The van der Waals surface area contributed by atoms with Crippen LogP contribution in [0.2, 0.25) is 0 Å². The van der Waals surface area contributed by atoms with Gasteiger partial charge in [-0.1, -0.05) is 47.5 Å². The number of aliphatic hydroxyl groups excluding tert-OH is 1. The molecular weight excluding hydrogens is 392 g/mol. The second-order valence-electron chi connectivity index (χ2n) is 15.3. The molecule has 5 fully saturated rings. The second-order valence-corrected chi connectivity index (χ2v) is 15.3. The summed E-state index contributed by atoms with van der Waals surface area (Å²) < 4.78 is 0. The lowest BCUT2D eigenvalue weighted by Gasteiger charge is -2.63. The van der Waals surface area contributed by atoms with Crippen LogP contribution in [-0.4, -0.2) is 21.9 Å². The summed E-state index contributed by atoms with van der Waals surface area (Å²) >= 11 is 0. The van der Waals surface area contributed by atoms with Crippen LogP contribution in [0.3, 0.4) is 0 Å². The zero-order chi connectivity index (χ0) is 23.4. The molecule has 1 unspecified atom stereocenters. The quantitative estimate of drug-likeness (QED) is 0.465. The molecule has 0 saturated heterocycles. The van der Waals surface area contributed by atoms with Gasteiger partial charge in [0.2, 0.25) is 0 Å². The van der Waals surface area contributed by atoms with Gasteiger partial charge in [-0.2, -0.15) is 0 Å². The Labute approximate surface area is 198 Å². The van der Waals surface area contributed by atoms with Crippen molar-refractivity contribution < 1.29 is 10.2 Å². The van der Waals surface area contributed by atoms with E-state index in [-0.39, 0.29) is 11.5 Å². The average molecular weight is 445 g/mol. The lowest BCUT2D eigenvalue weighted by atomic mass is 9.41. The van der Waals surface area contributed by atoms with Crippen LogP contribution >= 0.6 is 0 Å². The summed E-state index contributed by atoms with van der Waals surface area (Å²) in [6.45, 7) is 16.8. The Hall–Kier alpha value is -0.0800. The molecule has 5 aliphatic rings. The van der Waals surface area contributed by atoms with E-state index in [0.717, 1.165) is 42.9 Å². The summed E-state index contributed by atoms with van der Waals surface area (Å²) in [7, 11) is 0. The first-order valence-electron chi connectivity index (χ1n) is 14.1. The Morgan fingerprint density at radius 3 is 2.25 bits per heavy atom. The molecule has 9 atom stereocenters. The monoisotopic (exact) mass is 444 g/mol. The molecule has 5 rings (SSSR count). The highest BCUT2D eigenvalue weighted by Crippen LogP contribution is 2.89. The Kier molecular flexibility index (Phi) is 5.17. The van der Waals surface area contributed by atoms with E-state index in [4.69, 9.17) is 0 Å². The molecule has 184 valence electrons. The molecule has 2 spiro atoms. The van der Waals surface area contributed by atoms with Crippen molar-refractivity contribution in [2.45, 2.75) is 137 Å². The SMILES string of the molecule is C[C@H](CCCC(C)(C)O)[C@H]1CC[C@@]2(C)[C@@H]3CC[C@H]4C(C)(C)CCC(O)[C@@]45C[C@@]35CC[C@]12C. The summed E-state index contributed by atoms with van der Waals surface area (Å²) in [5.41, 5.74) is 1.46. The number of rotatable bonds is 5. The minimum atomic E-state index is -0.529. The molecule has 5 saturated carbocycles. The van der Waals surface area contributed by atoms with Gasteiger partial charge in [-0.3, -0.25) is 0 Å². The predicted molar refractivity (Wildman–Crippen MR) is 132 cm³/mol. The van der Waals surface area contributed by atoms with Crippen LogP contribution in [0.5, 0.6) is 0 Å². The van der Waals surface area contributed by atoms with Gasteiger partial charge in [-0.25, -0.2) is 0 Å². The summed E-state index contributed by atoms with van der Waals surface area (Å²) in [5, 5.41) is 21.6. The molecule has 0 aromatic carbocycles. The highest BCUT2D eigenvalue weighted by atomic mass is 16.3. The van der Waals surface area contributed by atoms with Crippen molar-refractivity contribution in [2.24, 2.45) is 50.7 Å². The van der Waals surface area contributed by atoms with E-state index in [2.05, 4.69) is 34.6 Å². The first kappa shape index (κ1) is 23.7. The van der Waals surface area contributed by atoms with Crippen molar-refractivity contribution >= 4 is 0 Å². The summed E-state index contributed by atoms with van der Waals surface area (Å²) in [6.07, 6.45) is 15.2. The van der Waals surface area contributed by atoms with E-state index < -0.39 is 5.60 Å². The third-order valence-electron chi connectivity index (χ3n) is 13.1. The third-order valence-corrected chi connectivity index (χ3v) is 13.1. The van der Waals surface area contributed by atoms with Crippen LogP contribution in [0.15, 0.2) is 0 Å². The highest BCUT2D eigenvalue weighted by Gasteiger charge is 2.83. The van der Waals surface area contributed by atoms with Gasteiger partial charge in [0.25, 0.3) is 0 Å². The zero-order valence-electron chi connectivity index (χ0n) is 22.3. The maximum atomic E-state index is 11.4. The van der Waals surface area contributed by atoms with Crippen molar-refractivity contribution in [1.82, 2.24) is 0 Å². The Morgan fingerprint density at radius 1 is 0.875 bits per heavy atom. The van der Waals surface area contributed by atoms with Crippen LogP contribution in [-0.2, 0) is 0 Å². The van der Waals surface area contributed by atoms with E-state index in [1.807, 2.05) is 13.8 Å². The van der Waals surface area contributed by atoms with Gasteiger partial charge in [0.1, 0.15) is 0 Å². The average Bonchev–Trinajstić information content (AvgIpc) is 3.29. The van der Waals surface area contributed by atoms with Gasteiger partial charge in [0.15, 0.2) is 0 Å². The molecule has 32 heavy (non-hydrogen) atoms. The van der Waals surface area contributed by atoms with Crippen LogP contribution in [0.1, 0.15) is 126 Å². The fraction of sp³-hybridized carbons (Fsp3) is 1.00. The maximum Gasteiger partial charge on any atom is 0.0605 e. The van der Waals surface area contributed by atoms with Crippen LogP contribution in [0.25, 0.3) is 0 Å². The van der Waals surface area contributed by atoms with Gasteiger partial charge in [0, 0.05) is 5.41 Å². The van der Waals surface area contributed by atoms with Gasteiger partial charge in [-0.15, -0.1) is 0 Å². The molecule has 0 amide bonds. The fourth-order valence-corrected chi connectivity index (χ4v) is 11.4. The smallest absolute Gasteiger partial charge is 0.0605 e. The van der Waals surface area contributed by atoms with Crippen LogP contribution in [0.4, 0.5) is 0 Å². The Balaban J connectivity index is 1.39. The predicted octanol–water partition coefficient (Wildman–Crippen LogP) is 7.36. The van der Waals surface area contributed by atoms with Crippen molar-refractivity contribution in [1.29, 1.82) is 0 Å². The minimum Gasteiger partial charge on any atom is -0.393 e. The number of hydrogen-bond acceptors (Lipinski definition) is 2. The normalized spacial score (nSPS) is 52.4. The largest absolute Gasteiger partial charge is 0.393 e. The molecule has 2 N–H and O–H groups in total. The van der Waals surface area contributed by atoms with Gasteiger partial charge >= 0.3 is 0 Å². The maximum absolute atomic E-state index is 11.4. The van der Waals surface area contributed by atoms with Crippen molar-refractivity contribution in [3.63, 3.8) is 0 Å². The van der Waals surface area contributed by atoms with Gasteiger partial charge in [-0.05, 0) is 123 Å². The molecule has 5 aliphatic carbocycles. The topological polar surface area (TPSA) is 40.5 Å². The van der Waals surface area contributed by atoms with E-state index in [9.17, 15) is 10.2 Å². The molecule has 0 aromatic heterocycles. The van der Waals surface area contributed by atoms with Crippen LogP contribution < -0.4 is 0 Å². The van der Waals surface area contributed by atoms with Crippen molar-refractivity contribution in [3.05, 3.63) is 0 Å². The van der Waals surface area contributed by atoms with E-state index in [1.165, 1.54) is 57.8 Å². The molecule has 0 aliphatic heterocycles. The molecule has 0 radical (unpaired) electrons. The first-order chi connectivity index (χ1) is 14.7. The lowest BCUT2D eigenvalue weighted by molar-refractivity contribution is -0.169. The summed E-state index contributed by atoms with van der Waals surface area (Å²) in [5.74, 6) is 3.14. The Bertz CT molecular complexity index is 750. The first-order valence-corrected chi connectivity index (χ1v) is 14.1. The van der Waals surface area contributed by atoms with Crippen LogP contribution in [0, 0.1) is 50.7 Å². The fourth-order valence-electron chi connectivity index (χ4n) is 11.4. The van der Waals surface area contributed by atoms with E-state index in [0.29, 0.717) is 21.7 Å². The Morgan fingerprint density at radius 2 is 1.56 bits per heavy atom. The number of aliphatic hydroxyl groups is 2. The second kappa shape index (κ2) is 6.99. The highest BCUT2D eigenvalue weighted by molar-refractivity contribution is 5.32. The zero-order valence-corrected chi connectivity index (χ0v) is 22.3. The van der Waals surface area contributed by atoms with Crippen molar-refractivity contribution in [3.8, 4) is 0 Å². The standard InChI is InChI=1S/C30H52O2/c1-20(9-8-14-26(4,5)32)21-12-16-28(7)23-11-10-22-25(2,3)15-13-24(31)30(22)19-29(23,30)18-17-27(21,28)6/h20-24,31-32H,8-19H2,1-7H3/t20-,21-,22+,23+,24?,27-,28+,29+,30-/m1/s1. The molecule has 2 heteroatoms. The van der Waals surface area contributed by atoms with E-state index in [1.54, 1.807) is 0 Å². The molecule has 0 bridgehead atoms. The summed E-state index contributed by atoms with van der Waals surface area (Å²) in [4.78, 5) is 0. The molecule has 0 aromatic rings. The molecule has 2 nitrogen and oxygen atoms in total. The third kappa shape index (κ3) is 2.90. The number of hydrogen-bond donors (Lipinski definition) is 2. The minimum absolute atomic E-state index is 0.0470. The van der Waals surface area contributed by atoms with E-state index >= 15 is 0 Å². The molecule has 0 heterocycles. The van der Waals surface area contributed by atoms with Gasteiger partial charge < -0.3 is 10.2 Å². The summed E-state index contributed by atoms with van der Waals surface area (Å²) in [6, 6.07) is 0. The number of fused-ring (bicyclic) bond motifs is 2. The van der Waals surface area contributed by atoms with Gasteiger partial charge in [0.05, 0.1) is 11.7 Å². The molecular formula is C30H52O2.